The van der Waals surface area contributed by atoms with Gasteiger partial charge in [0.25, 0.3) is 5.91 Å². The maximum Gasteiger partial charge on any atom is 0.257 e. The van der Waals surface area contributed by atoms with E-state index in [1.165, 1.54) is 23.5 Å². The number of benzene rings is 3. The van der Waals surface area contributed by atoms with Gasteiger partial charge < -0.3 is 0 Å². The molecule has 4 aromatic rings. The maximum atomic E-state index is 12.6. The van der Waals surface area contributed by atoms with Gasteiger partial charge >= 0.3 is 0 Å². The number of hydrogen-bond acceptors (Lipinski definition) is 6. The van der Waals surface area contributed by atoms with Crippen LogP contribution in [-0.2, 0) is 15.6 Å². The third-order valence-corrected chi connectivity index (χ3v) is 7.53. The molecule has 0 radical (unpaired) electrons. The summed E-state index contributed by atoms with van der Waals surface area (Å²) in [5, 5.41) is 12.4. The summed E-state index contributed by atoms with van der Waals surface area (Å²) in [6, 6.07) is 20.4. The summed E-state index contributed by atoms with van der Waals surface area (Å²) in [6.07, 6.45) is 0. The lowest BCUT2D eigenvalue weighted by Gasteiger charge is -2.05. The largest absolute Gasteiger partial charge is 0.296 e. The van der Waals surface area contributed by atoms with Crippen LogP contribution in [-0.4, -0.2) is 24.5 Å². The zero-order valence-corrected chi connectivity index (χ0v) is 19.3. The lowest BCUT2D eigenvalue weighted by atomic mass is 10.1. The SMILES string of the molecule is Cc1ccc(C(=O)Nc2nnc(-c3ccc(CS(=O)(=O)c4ccc(Cl)cc4)cc3)s2)cc1. The Morgan fingerprint density at radius 3 is 2.25 bits per heavy atom. The molecule has 1 amide bonds. The minimum absolute atomic E-state index is 0.122. The molecule has 0 unspecified atom stereocenters. The van der Waals surface area contributed by atoms with Gasteiger partial charge in [-0.2, -0.15) is 0 Å². The highest BCUT2D eigenvalue weighted by Gasteiger charge is 2.16. The second-order valence-electron chi connectivity index (χ2n) is 7.14. The monoisotopic (exact) mass is 483 g/mol. The molecule has 0 bridgehead atoms. The van der Waals surface area contributed by atoms with E-state index >= 15 is 0 Å². The third-order valence-electron chi connectivity index (χ3n) is 4.69. The number of nitrogens with zero attached hydrogens (tertiary/aromatic N) is 2. The fourth-order valence-corrected chi connectivity index (χ4v) is 5.17. The Morgan fingerprint density at radius 1 is 0.938 bits per heavy atom. The lowest BCUT2D eigenvalue weighted by Crippen LogP contribution is -2.11. The lowest BCUT2D eigenvalue weighted by molar-refractivity contribution is 0.102. The molecule has 32 heavy (non-hydrogen) atoms. The van der Waals surface area contributed by atoms with Crippen LogP contribution in [0.15, 0.2) is 77.7 Å². The number of rotatable bonds is 6. The summed E-state index contributed by atoms with van der Waals surface area (Å²) in [5.41, 5.74) is 3.05. The van der Waals surface area contributed by atoms with Gasteiger partial charge in [0, 0.05) is 16.1 Å². The van der Waals surface area contributed by atoms with E-state index in [2.05, 4.69) is 15.5 Å². The van der Waals surface area contributed by atoms with E-state index < -0.39 is 9.84 Å². The molecule has 0 fully saturated rings. The number of amides is 1. The molecule has 3 aromatic carbocycles. The Morgan fingerprint density at radius 2 is 1.59 bits per heavy atom. The molecule has 1 aromatic heterocycles. The van der Waals surface area contributed by atoms with Gasteiger partial charge in [-0.25, -0.2) is 8.42 Å². The topological polar surface area (TPSA) is 89.0 Å². The van der Waals surface area contributed by atoms with Gasteiger partial charge in [-0.3, -0.25) is 10.1 Å². The molecule has 0 spiro atoms. The van der Waals surface area contributed by atoms with E-state index in [-0.39, 0.29) is 16.6 Å². The van der Waals surface area contributed by atoms with Crippen LogP contribution >= 0.6 is 22.9 Å². The van der Waals surface area contributed by atoms with E-state index in [1.54, 1.807) is 48.5 Å². The Hall–Kier alpha value is -3.07. The molecule has 0 atom stereocenters. The highest BCUT2D eigenvalue weighted by atomic mass is 35.5. The van der Waals surface area contributed by atoms with Crippen LogP contribution in [0.5, 0.6) is 0 Å². The predicted molar refractivity (Wildman–Crippen MR) is 127 cm³/mol. The molecule has 162 valence electrons. The number of hydrogen-bond donors (Lipinski definition) is 1. The Balaban J connectivity index is 1.44. The number of carbonyl (C=O) groups excluding carboxylic acids is 1. The molecule has 0 aliphatic rings. The van der Waals surface area contributed by atoms with Gasteiger partial charge in [0.15, 0.2) is 9.84 Å². The highest BCUT2D eigenvalue weighted by molar-refractivity contribution is 7.90. The number of sulfone groups is 1. The first-order chi connectivity index (χ1) is 15.3. The Kier molecular flexibility index (Phi) is 6.36. The second-order valence-corrected chi connectivity index (χ2v) is 10.5. The zero-order chi connectivity index (χ0) is 22.7. The van der Waals surface area contributed by atoms with Crippen LogP contribution in [0.3, 0.4) is 0 Å². The summed E-state index contributed by atoms with van der Waals surface area (Å²) < 4.78 is 25.2. The van der Waals surface area contributed by atoms with Crippen molar-refractivity contribution in [3.63, 3.8) is 0 Å². The van der Waals surface area contributed by atoms with Gasteiger partial charge in [0.2, 0.25) is 5.13 Å². The second kappa shape index (κ2) is 9.20. The number of halogens is 1. The van der Waals surface area contributed by atoms with Crippen LogP contribution < -0.4 is 5.32 Å². The summed E-state index contributed by atoms with van der Waals surface area (Å²) in [6.45, 7) is 1.96. The smallest absolute Gasteiger partial charge is 0.257 e. The molecule has 1 heterocycles. The van der Waals surface area contributed by atoms with Crippen molar-refractivity contribution in [2.24, 2.45) is 0 Å². The minimum atomic E-state index is -3.48. The molecule has 1 N–H and O–H groups in total. The molecular weight excluding hydrogens is 466 g/mol. The standard InChI is InChI=1S/C23H18ClN3O3S2/c1-15-2-6-17(7-3-15)21(28)25-23-27-26-22(31-23)18-8-4-16(5-9-18)14-32(29,30)20-12-10-19(24)11-13-20/h2-13H,14H2,1H3,(H,25,27,28). The van der Waals surface area contributed by atoms with Crippen molar-refractivity contribution in [3.8, 4) is 10.6 Å². The van der Waals surface area contributed by atoms with E-state index in [4.69, 9.17) is 11.6 Å². The van der Waals surface area contributed by atoms with Gasteiger partial charge in [0.05, 0.1) is 10.6 Å². The first-order valence-electron chi connectivity index (χ1n) is 9.59. The predicted octanol–water partition coefficient (Wildman–Crippen LogP) is 5.39. The van der Waals surface area contributed by atoms with Crippen LogP contribution in [0.2, 0.25) is 5.02 Å². The summed E-state index contributed by atoms with van der Waals surface area (Å²) in [7, 11) is -3.48. The van der Waals surface area contributed by atoms with Crippen molar-refractivity contribution < 1.29 is 13.2 Å². The van der Waals surface area contributed by atoms with E-state index in [0.29, 0.717) is 26.3 Å². The number of aryl methyl sites for hydroxylation is 1. The molecule has 9 heteroatoms. The zero-order valence-electron chi connectivity index (χ0n) is 16.9. The fraction of sp³-hybridized carbons (Fsp3) is 0.0870. The van der Waals surface area contributed by atoms with Crippen LogP contribution in [0.4, 0.5) is 5.13 Å². The van der Waals surface area contributed by atoms with E-state index in [9.17, 15) is 13.2 Å². The van der Waals surface area contributed by atoms with Crippen molar-refractivity contribution >= 4 is 43.8 Å². The Labute approximate surface area is 194 Å². The van der Waals surface area contributed by atoms with Gasteiger partial charge in [-0.1, -0.05) is 64.9 Å². The first kappa shape index (κ1) is 22.1. The summed E-state index contributed by atoms with van der Waals surface area (Å²) in [5.74, 6) is -0.376. The normalized spacial score (nSPS) is 11.3. The Bertz CT molecular complexity index is 1350. The molecule has 4 rings (SSSR count). The molecule has 0 saturated heterocycles. The third kappa shape index (κ3) is 5.21. The molecule has 0 aliphatic heterocycles. The van der Waals surface area contributed by atoms with Crippen LogP contribution in [0.1, 0.15) is 21.5 Å². The average Bonchev–Trinajstić information content (AvgIpc) is 3.23. The van der Waals surface area contributed by atoms with Crippen molar-refractivity contribution in [1.82, 2.24) is 10.2 Å². The first-order valence-corrected chi connectivity index (χ1v) is 12.4. The molecular formula is C23H18ClN3O3S2. The molecule has 0 aliphatic carbocycles. The van der Waals surface area contributed by atoms with Crippen molar-refractivity contribution in [1.29, 1.82) is 0 Å². The van der Waals surface area contributed by atoms with Crippen molar-refractivity contribution in [2.45, 2.75) is 17.6 Å². The molecule has 6 nitrogen and oxygen atoms in total. The van der Waals surface area contributed by atoms with Gasteiger partial charge in [0.1, 0.15) is 5.01 Å². The average molecular weight is 484 g/mol. The number of nitrogens with one attached hydrogen (secondary N) is 1. The number of carbonyl (C=O) groups is 1. The quantitative estimate of drug-likeness (QED) is 0.397. The van der Waals surface area contributed by atoms with Gasteiger partial charge in [-0.15, -0.1) is 10.2 Å². The molecule has 0 saturated carbocycles. The van der Waals surface area contributed by atoms with E-state index in [0.717, 1.165) is 11.1 Å². The number of anilines is 1. The van der Waals surface area contributed by atoms with Gasteiger partial charge in [-0.05, 0) is 48.9 Å². The van der Waals surface area contributed by atoms with Crippen molar-refractivity contribution in [3.05, 3.63) is 94.5 Å². The highest BCUT2D eigenvalue weighted by Crippen LogP contribution is 2.28. The fourth-order valence-electron chi connectivity index (χ4n) is 2.95. The van der Waals surface area contributed by atoms with Crippen molar-refractivity contribution in [2.75, 3.05) is 5.32 Å². The number of aromatic nitrogens is 2. The minimum Gasteiger partial charge on any atom is -0.296 e. The summed E-state index contributed by atoms with van der Waals surface area (Å²) >= 11 is 7.08. The summed E-state index contributed by atoms with van der Waals surface area (Å²) in [4.78, 5) is 12.6. The van der Waals surface area contributed by atoms with E-state index in [1.807, 2.05) is 19.1 Å². The van der Waals surface area contributed by atoms with Crippen LogP contribution in [0, 0.1) is 6.92 Å². The van der Waals surface area contributed by atoms with Crippen LogP contribution in [0.25, 0.3) is 10.6 Å². The maximum absolute atomic E-state index is 12.6.